The summed E-state index contributed by atoms with van der Waals surface area (Å²) in [5.41, 5.74) is -0.723. The number of unbranched alkanes of at least 4 members (excludes halogenated alkanes) is 2. The molecule has 0 aromatic carbocycles. The molecule has 0 aliphatic heterocycles. The van der Waals surface area contributed by atoms with Crippen LogP contribution in [0.2, 0.25) is 0 Å². The summed E-state index contributed by atoms with van der Waals surface area (Å²) in [6.45, 7) is 4.72. The third kappa shape index (κ3) is 3.86. The fourth-order valence-electron chi connectivity index (χ4n) is 2.64. The van der Waals surface area contributed by atoms with E-state index in [1.54, 1.807) is 0 Å². The van der Waals surface area contributed by atoms with Gasteiger partial charge in [0.2, 0.25) is 10.0 Å². The van der Waals surface area contributed by atoms with Crippen molar-refractivity contribution in [2.45, 2.75) is 63.2 Å². The lowest BCUT2D eigenvalue weighted by Gasteiger charge is -2.17. The van der Waals surface area contributed by atoms with E-state index in [0.717, 1.165) is 19.3 Å². The zero-order valence-corrected chi connectivity index (χ0v) is 13.7. The van der Waals surface area contributed by atoms with Crippen LogP contribution in [-0.4, -0.2) is 31.7 Å². The lowest BCUT2D eigenvalue weighted by Crippen LogP contribution is -2.50. The molecule has 0 bridgehead atoms. The second-order valence-corrected chi connectivity index (χ2v) is 8.02. The van der Waals surface area contributed by atoms with Crippen LogP contribution in [0.15, 0.2) is 12.2 Å². The summed E-state index contributed by atoms with van der Waals surface area (Å²) in [6, 6.07) is 0. The van der Waals surface area contributed by atoms with Gasteiger partial charge in [-0.2, -0.15) is 0 Å². The Bertz CT molecular complexity index is 511. The predicted molar refractivity (Wildman–Crippen MR) is 83.3 cm³/mol. The number of likely N-dealkylation sites (N-methyl/N-ethyl adjacent to an activating group) is 1. The summed E-state index contributed by atoms with van der Waals surface area (Å²) in [5.74, 6) is -0.287. The van der Waals surface area contributed by atoms with Crippen molar-refractivity contribution in [3.63, 3.8) is 0 Å². The summed E-state index contributed by atoms with van der Waals surface area (Å²) < 4.78 is 26.1. The molecule has 2 unspecified atom stereocenters. The Kier molecular flexibility index (Phi) is 5.09. The first kappa shape index (κ1) is 16.5. The van der Waals surface area contributed by atoms with E-state index in [0.29, 0.717) is 25.8 Å². The van der Waals surface area contributed by atoms with Gasteiger partial charge in [-0.25, -0.2) is 8.42 Å². The molecule has 6 heteroatoms. The second-order valence-electron chi connectivity index (χ2n) is 6.06. The van der Waals surface area contributed by atoms with Crippen molar-refractivity contribution < 1.29 is 13.2 Å². The summed E-state index contributed by atoms with van der Waals surface area (Å²) in [5, 5.41) is 2.81. The Balaban J connectivity index is 1.96. The van der Waals surface area contributed by atoms with Crippen molar-refractivity contribution in [3.05, 3.63) is 12.2 Å². The Hall–Kier alpha value is -0.880. The van der Waals surface area contributed by atoms with Crippen molar-refractivity contribution in [1.82, 2.24) is 10.0 Å². The van der Waals surface area contributed by atoms with Gasteiger partial charge in [-0.15, -0.1) is 0 Å². The molecule has 2 aliphatic rings. The number of allylic oxidation sites excluding steroid dienone is 1. The average Bonchev–Trinajstić information content (AvgIpc) is 3.29. The molecule has 1 amide bonds. The van der Waals surface area contributed by atoms with Gasteiger partial charge >= 0.3 is 0 Å². The molecule has 2 atom stereocenters. The number of rotatable bonds is 9. The summed E-state index contributed by atoms with van der Waals surface area (Å²) in [6.07, 6.45) is 9.46. The van der Waals surface area contributed by atoms with Gasteiger partial charge in [0, 0.05) is 5.92 Å². The van der Waals surface area contributed by atoms with E-state index in [1.807, 2.05) is 6.92 Å². The Labute approximate surface area is 127 Å². The second kappa shape index (κ2) is 6.48. The minimum absolute atomic E-state index is 0.101. The van der Waals surface area contributed by atoms with Crippen LogP contribution in [0.3, 0.4) is 0 Å². The number of hydrogen-bond acceptors (Lipinski definition) is 4. The zero-order chi connectivity index (χ0) is 15.5. The molecule has 2 N–H and O–H groups in total. The van der Waals surface area contributed by atoms with E-state index >= 15 is 0 Å². The van der Waals surface area contributed by atoms with Crippen LogP contribution >= 0.6 is 0 Å². The molecule has 2 aliphatic carbocycles. The van der Waals surface area contributed by atoms with Gasteiger partial charge in [0.25, 0.3) is 5.91 Å². The topological polar surface area (TPSA) is 75.3 Å². The van der Waals surface area contributed by atoms with Crippen molar-refractivity contribution >= 4 is 15.9 Å². The Morgan fingerprint density at radius 1 is 1.33 bits per heavy atom. The van der Waals surface area contributed by atoms with Gasteiger partial charge in [0.1, 0.15) is 5.54 Å². The van der Waals surface area contributed by atoms with E-state index in [-0.39, 0.29) is 17.1 Å². The van der Waals surface area contributed by atoms with E-state index in [2.05, 4.69) is 29.1 Å². The first-order valence-electron chi connectivity index (χ1n) is 7.94. The quantitative estimate of drug-likeness (QED) is 0.502. The summed E-state index contributed by atoms with van der Waals surface area (Å²) >= 11 is 0. The predicted octanol–water partition coefficient (Wildman–Crippen LogP) is 1.71. The third-order valence-corrected chi connectivity index (χ3v) is 6.02. The lowest BCUT2D eigenvalue weighted by molar-refractivity contribution is -0.122. The van der Waals surface area contributed by atoms with Gasteiger partial charge in [0.05, 0.1) is 5.25 Å². The highest BCUT2D eigenvalue weighted by molar-refractivity contribution is 7.90. The summed E-state index contributed by atoms with van der Waals surface area (Å²) in [4.78, 5) is 12.4. The average molecular weight is 314 g/mol. The normalized spacial score (nSPS) is 28.8. The molecule has 0 aromatic rings. The number of amides is 1. The maximum absolute atomic E-state index is 12.4. The number of carbonyl (C=O) groups is 1. The van der Waals surface area contributed by atoms with Crippen LogP contribution in [0.25, 0.3) is 0 Å². The molecule has 0 radical (unpaired) electrons. The maximum Gasteiger partial charge on any atom is 0.254 e. The number of nitrogens with one attached hydrogen (secondary N) is 2. The fraction of sp³-hybridized carbons (Fsp3) is 0.800. The highest BCUT2D eigenvalue weighted by atomic mass is 32.2. The lowest BCUT2D eigenvalue weighted by atomic mass is 10.1. The molecular formula is C15H26N2O3S. The molecule has 0 saturated heterocycles. The highest BCUT2D eigenvalue weighted by Gasteiger charge is 2.59. The Morgan fingerprint density at radius 2 is 2.05 bits per heavy atom. The van der Waals surface area contributed by atoms with Crippen LogP contribution in [0, 0.1) is 5.92 Å². The highest BCUT2D eigenvalue weighted by Crippen LogP contribution is 2.45. The maximum atomic E-state index is 12.4. The number of carbonyl (C=O) groups excluding carboxylic acids is 1. The molecule has 0 heterocycles. The first-order chi connectivity index (χ1) is 9.96. The van der Waals surface area contributed by atoms with Gasteiger partial charge < -0.3 is 5.32 Å². The van der Waals surface area contributed by atoms with Gasteiger partial charge in [-0.3, -0.25) is 9.52 Å². The molecule has 120 valence electrons. The summed E-state index contributed by atoms with van der Waals surface area (Å²) in [7, 11) is -3.46. The van der Waals surface area contributed by atoms with Crippen molar-refractivity contribution in [2.24, 2.45) is 5.92 Å². The molecular weight excluding hydrogens is 288 g/mol. The first-order valence-corrected chi connectivity index (χ1v) is 9.48. The minimum atomic E-state index is -3.46. The molecule has 5 nitrogen and oxygen atoms in total. The standard InChI is InChI=1S/C15H26N2O3S/c1-3-5-6-7-8-12-11-15(12,16-4-2)14(18)17-21(19,20)13-9-10-13/h7-8,12-13,16H,3-6,9-11H2,1-2H3,(H,17,18). The molecule has 2 fully saturated rings. The van der Waals surface area contributed by atoms with Crippen LogP contribution in [0.5, 0.6) is 0 Å². The van der Waals surface area contributed by atoms with Crippen molar-refractivity contribution in [3.8, 4) is 0 Å². The fourth-order valence-corrected chi connectivity index (χ4v) is 4.01. The van der Waals surface area contributed by atoms with E-state index in [4.69, 9.17) is 0 Å². The van der Waals surface area contributed by atoms with Crippen molar-refractivity contribution in [2.75, 3.05) is 6.54 Å². The molecule has 0 spiro atoms. The van der Waals surface area contributed by atoms with Crippen LogP contribution in [-0.2, 0) is 14.8 Å². The van der Waals surface area contributed by atoms with Gasteiger partial charge in [0.15, 0.2) is 0 Å². The monoisotopic (exact) mass is 314 g/mol. The van der Waals surface area contributed by atoms with Crippen LogP contribution in [0.4, 0.5) is 0 Å². The van der Waals surface area contributed by atoms with E-state index < -0.39 is 15.6 Å². The SMILES string of the molecule is CCCCC=CC1CC1(NCC)C(=O)NS(=O)(=O)C1CC1. The largest absolute Gasteiger partial charge is 0.303 e. The smallest absolute Gasteiger partial charge is 0.254 e. The Morgan fingerprint density at radius 3 is 2.62 bits per heavy atom. The molecule has 2 rings (SSSR count). The molecule has 2 saturated carbocycles. The van der Waals surface area contributed by atoms with E-state index in [1.165, 1.54) is 0 Å². The number of hydrogen-bond donors (Lipinski definition) is 2. The van der Waals surface area contributed by atoms with Crippen LogP contribution in [0.1, 0.15) is 52.4 Å². The number of sulfonamides is 1. The van der Waals surface area contributed by atoms with Crippen molar-refractivity contribution in [1.29, 1.82) is 0 Å². The van der Waals surface area contributed by atoms with E-state index in [9.17, 15) is 13.2 Å². The molecule has 0 aromatic heterocycles. The zero-order valence-electron chi connectivity index (χ0n) is 12.9. The van der Waals surface area contributed by atoms with Crippen LogP contribution < -0.4 is 10.0 Å². The van der Waals surface area contributed by atoms with Gasteiger partial charge in [-0.1, -0.05) is 38.8 Å². The minimum Gasteiger partial charge on any atom is -0.303 e. The molecule has 21 heavy (non-hydrogen) atoms. The third-order valence-electron chi connectivity index (χ3n) is 4.20. The van der Waals surface area contributed by atoms with Gasteiger partial charge in [-0.05, 0) is 32.2 Å².